The lowest BCUT2D eigenvalue weighted by Gasteiger charge is -2.29. The number of hydrogen-bond acceptors (Lipinski definition) is 5. The van der Waals surface area contributed by atoms with Crippen molar-refractivity contribution in [1.82, 2.24) is 9.80 Å². The van der Waals surface area contributed by atoms with E-state index in [9.17, 15) is 4.79 Å². The Hall–Kier alpha value is -3.77. The van der Waals surface area contributed by atoms with Gasteiger partial charge in [-0.1, -0.05) is 72.3 Å². The van der Waals surface area contributed by atoms with Crippen LogP contribution >= 0.6 is 0 Å². The molecule has 1 aliphatic heterocycles. The molecule has 0 N–H and O–H groups in total. The van der Waals surface area contributed by atoms with Crippen molar-refractivity contribution in [2.24, 2.45) is 0 Å². The van der Waals surface area contributed by atoms with Gasteiger partial charge >= 0.3 is 0 Å². The van der Waals surface area contributed by atoms with Gasteiger partial charge in [-0.25, -0.2) is 0 Å². The zero-order valence-electron chi connectivity index (χ0n) is 23.6. The molecule has 1 heterocycles. The van der Waals surface area contributed by atoms with Crippen molar-refractivity contribution in [3.05, 3.63) is 95.1 Å². The number of ether oxygens (including phenoxy) is 3. The minimum atomic E-state index is -0.0531. The number of nitrogens with zero attached hydrogens (tertiary/aromatic N) is 2. The largest absolute Gasteiger partial charge is 0.493 e. The Balaban J connectivity index is 1.56. The summed E-state index contributed by atoms with van der Waals surface area (Å²) in [4.78, 5) is 18.5. The maximum Gasteiger partial charge on any atom is 0.254 e. The molecule has 6 heteroatoms. The molecule has 6 nitrogen and oxygen atoms in total. The van der Waals surface area contributed by atoms with Gasteiger partial charge in [0.25, 0.3) is 5.91 Å². The number of carbonyl (C=O) groups is 1. The molecular weight excluding hydrogens is 488 g/mol. The molecule has 1 aliphatic rings. The first-order valence-electron chi connectivity index (χ1n) is 13.6. The SMILES string of the molecule is COc1cc(C(=O)N(CCC2CCCN2Cc2ccccc2)CC(C)=Cc2ccccc2)cc(OC)c1OC. The molecule has 39 heavy (non-hydrogen) atoms. The van der Waals surface area contributed by atoms with E-state index in [4.69, 9.17) is 14.2 Å². The summed E-state index contributed by atoms with van der Waals surface area (Å²) in [5.74, 6) is 1.37. The summed E-state index contributed by atoms with van der Waals surface area (Å²) in [5.41, 5.74) is 4.09. The van der Waals surface area contributed by atoms with Gasteiger partial charge in [-0.05, 0) is 56.0 Å². The number of amides is 1. The highest BCUT2D eigenvalue weighted by molar-refractivity contribution is 5.96. The van der Waals surface area contributed by atoms with E-state index in [2.05, 4.69) is 60.4 Å². The van der Waals surface area contributed by atoms with Crippen LogP contribution in [0.4, 0.5) is 0 Å². The van der Waals surface area contributed by atoms with Gasteiger partial charge in [0.1, 0.15) is 0 Å². The van der Waals surface area contributed by atoms with Crippen molar-refractivity contribution in [2.45, 2.75) is 38.8 Å². The smallest absolute Gasteiger partial charge is 0.254 e. The van der Waals surface area contributed by atoms with E-state index in [1.54, 1.807) is 33.5 Å². The number of likely N-dealkylation sites (tertiary alicyclic amines) is 1. The second kappa shape index (κ2) is 13.9. The Kier molecular flexibility index (Phi) is 10.0. The summed E-state index contributed by atoms with van der Waals surface area (Å²) < 4.78 is 16.5. The second-order valence-electron chi connectivity index (χ2n) is 10.1. The fraction of sp³-hybridized carbons (Fsp3) is 0.364. The van der Waals surface area contributed by atoms with Crippen LogP contribution in [0.5, 0.6) is 17.2 Å². The molecular formula is C33H40N2O4. The van der Waals surface area contributed by atoms with E-state index in [0.29, 0.717) is 41.9 Å². The monoisotopic (exact) mass is 528 g/mol. The van der Waals surface area contributed by atoms with Crippen LogP contribution in [0, 0.1) is 0 Å². The zero-order valence-corrected chi connectivity index (χ0v) is 23.6. The molecule has 0 saturated carbocycles. The third-order valence-electron chi connectivity index (χ3n) is 7.31. The molecule has 0 radical (unpaired) electrons. The van der Waals surface area contributed by atoms with Crippen molar-refractivity contribution in [1.29, 1.82) is 0 Å². The van der Waals surface area contributed by atoms with E-state index in [-0.39, 0.29) is 5.91 Å². The van der Waals surface area contributed by atoms with Gasteiger partial charge in [0, 0.05) is 31.2 Å². The molecule has 0 aromatic heterocycles. The molecule has 4 rings (SSSR count). The summed E-state index contributed by atoms with van der Waals surface area (Å²) in [6.45, 7) is 5.31. The van der Waals surface area contributed by atoms with Crippen molar-refractivity contribution in [2.75, 3.05) is 41.0 Å². The predicted octanol–water partition coefficient (Wildman–Crippen LogP) is 6.31. The van der Waals surface area contributed by atoms with Gasteiger partial charge in [0.05, 0.1) is 21.3 Å². The van der Waals surface area contributed by atoms with Gasteiger partial charge in [-0.3, -0.25) is 9.69 Å². The fourth-order valence-electron chi connectivity index (χ4n) is 5.37. The molecule has 0 spiro atoms. The molecule has 0 aliphatic carbocycles. The van der Waals surface area contributed by atoms with E-state index >= 15 is 0 Å². The minimum absolute atomic E-state index is 0.0531. The van der Waals surface area contributed by atoms with Crippen LogP contribution in [-0.2, 0) is 6.54 Å². The van der Waals surface area contributed by atoms with Crippen LogP contribution in [0.3, 0.4) is 0 Å². The van der Waals surface area contributed by atoms with E-state index < -0.39 is 0 Å². The first-order chi connectivity index (χ1) is 19.0. The molecule has 0 bridgehead atoms. The van der Waals surface area contributed by atoms with Gasteiger partial charge in [-0.15, -0.1) is 0 Å². The lowest BCUT2D eigenvalue weighted by molar-refractivity contribution is 0.0753. The highest BCUT2D eigenvalue weighted by atomic mass is 16.5. The zero-order chi connectivity index (χ0) is 27.6. The third-order valence-corrected chi connectivity index (χ3v) is 7.31. The van der Waals surface area contributed by atoms with Gasteiger partial charge in [0.2, 0.25) is 5.75 Å². The van der Waals surface area contributed by atoms with Gasteiger partial charge in [-0.2, -0.15) is 0 Å². The van der Waals surface area contributed by atoms with Crippen molar-refractivity contribution >= 4 is 12.0 Å². The Morgan fingerprint density at radius 3 is 2.21 bits per heavy atom. The topological polar surface area (TPSA) is 51.2 Å². The molecule has 1 unspecified atom stereocenters. The first-order valence-corrected chi connectivity index (χ1v) is 13.6. The van der Waals surface area contributed by atoms with Crippen molar-refractivity contribution in [3.63, 3.8) is 0 Å². The highest BCUT2D eigenvalue weighted by Gasteiger charge is 2.27. The van der Waals surface area contributed by atoms with Crippen LogP contribution in [0.1, 0.15) is 47.7 Å². The van der Waals surface area contributed by atoms with E-state index in [1.165, 1.54) is 12.0 Å². The van der Waals surface area contributed by atoms with Crippen LogP contribution in [0.2, 0.25) is 0 Å². The molecule has 3 aromatic carbocycles. The average Bonchev–Trinajstić information content (AvgIpc) is 3.41. The Morgan fingerprint density at radius 2 is 1.59 bits per heavy atom. The quantitative estimate of drug-likeness (QED) is 0.276. The summed E-state index contributed by atoms with van der Waals surface area (Å²) in [7, 11) is 4.70. The lowest BCUT2D eigenvalue weighted by Crippen LogP contribution is -2.37. The molecule has 3 aromatic rings. The summed E-state index contributed by atoms with van der Waals surface area (Å²) in [6.07, 6.45) is 5.40. The molecule has 1 atom stereocenters. The van der Waals surface area contributed by atoms with Crippen molar-refractivity contribution < 1.29 is 19.0 Å². The standard InChI is InChI=1S/C33H40N2O4/c1-25(20-26-12-7-5-8-13-26)23-35(33(36)28-21-30(37-2)32(39-4)31(22-28)38-3)19-17-29-16-11-18-34(29)24-27-14-9-6-10-15-27/h5-10,12-15,20-22,29H,11,16-19,23-24H2,1-4H3. The minimum Gasteiger partial charge on any atom is -0.493 e. The normalized spacial score (nSPS) is 15.7. The predicted molar refractivity (Wildman–Crippen MR) is 157 cm³/mol. The summed E-state index contributed by atoms with van der Waals surface area (Å²) in [6, 6.07) is 24.8. The summed E-state index contributed by atoms with van der Waals surface area (Å²) in [5, 5.41) is 0. The van der Waals surface area contributed by atoms with Crippen LogP contribution in [-0.4, -0.2) is 62.7 Å². The molecule has 1 fully saturated rings. The molecule has 1 amide bonds. The first kappa shape index (κ1) is 28.2. The number of carbonyl (C=O) groups excluding carboxylic acids is 1. The van der Waals surface area contributed by atoms with Gasteiger partial charge < -0.3 is 19.1 Å². The van der Waals surface area contributed by atoms with Crippen LogP contribution < -0.4 is 14.2 Å². The van der Waals surface area contributed by atoms with Crippen LogP contribution in [0.25, 0.3) is 6.08 Å². The Labute approximate surface area is 232 Å². The number of rotatable bonds is 12. The van der Waals surface area contributed by atoms with E-state index in [0.717, 1.165) is 37.1 Å². The fourth-order valence-corrected chi connectivity index (χ4v) is 5.37. The number of hydrogen-bond donors (Lipinski definition) is 0. The van der Waals surface area contributed by atoms with E-state index in [1.807, 2.05) is 23.1 Å². The van der Waals surface area contributed by atoms with Crippen molar-refractivity contribution in [3.8, 4) is 17.2 Å². The third kappa shape index (κ3) is 7.42. The Morgan fingerprint density at radius 1 is 0.949 bits per heavy atom. The molecule has 206 valence electrons. The molecule has 1 saturated heterocycles. The van der Waals surface area contributed by atoms with Crippen LogP contribution in [0.15, 0.2) is 78.4 Å². The number of benzene rings is 3. The summed E-state index contributed by atoms with van der Waals surface area (Å²) >= 11 is 0. The Bertz CT molecular complexity index is 1220. The second-order valence-corrected chi connectivity index (χ2v) is 10.1. The average molecular weight is 529 g/mol. The lowest BCUT2D eigenvalue weighted by atomic mass is 10.1. The van der Waals surface area contributed by atoms with Gasteiger partial charge in [0.15, 0.2) is 11.5 Å². The maximum atomic E-state index is 14.0. The highest BCUT2D eigenvalue weighted by Crippen LogP contribution is 2.38. The number of methoxy groups -OCH3 is 3. The maximum absolute atomic E-state index is 14.0.